The molecule has 82 valence electrons. The molecule has 14 heavy (non-hydrogen) atoms. The molecular formula is C11H21NO2. The predicted octanol–water partition coefficient (Wildman–Crippen LogP) is 1.28. The summed E-state index contributed by atoms with van der Waals surface area (Å²) in [6.07, 6.45) is 5.60. The molecule has 1 aliphatic carbocycles. The first kappa shape index (κ1) is 10.4. The maximum atomic E-state index is 5.38. The molecule has 0 bridgehead atoms. The van der Waals surface area contributed by atoms with Crippen LogP contribution in [0.2, 0.25) is 0 Å². The molecule has 1 aliphatic heterocycles. The van der Waals surface area contributed by atoms with Crippen molar-refractivity contribution in [3.05, 3.63) is 0 Å². The fraction of sp³-hybridized carbons (Fsp3) is 1.00. The lowest BCUT2D eigenvalue weighted by Gasteiger charge is -2.38. The maximum Gasteiger partial charge on any atom is 0.0594 e. The zero-order valence-corrected chi connectivity index (χ0v) is 9.08. The highest BCUT2D eigenvalue weighted by Gasteiger charge is 2.26. The molecular weight excluding hydrogens is 178 g/mol. The minimum Gasteiger partial charge on any atom is -0.381 e. The van der Waals surface area contributed by atoms with Gasteiger partial charge in [-0.05, 0) is 25.7 Å². The van der Waals surface area contributed by atoms with E-state index < -0.39 is 0 Å². The lowest BCUT2D eigenvalue weighted by atomic mass is 9.91. The summed E-state index contributed by atoms with van der Waals surface area (Å²) in [6, 6.07) is 0.797. The largest absolute Gasteiger partial charge is 0.381 e. The second-order valence-electron chi connectivity index (χ2n) is 4.31. The molecule has 0 unspecified atom stereocenters. The number of hydrogen-bond donors (Lipinski definition) is 0. The maximum absolute atomic E-state index is 5.38. The minimum absolute atomic E-state index is 0.521. The summed E-state index contributed by atoms with van der Waals surface area (Å²) < 4.78 is 10.8. The van der Waals surface area contributed by atoms with Gasteiger partial charge in [-0.1, -0.05) is 0 Å². The van der Waals surface area contributed by atoms with Crippen LogP contribution in [0.25, 0.3) is 0 Å². The van der Waals surface area contributed by atoms with Gasteiger partial charge in [-0.15, -0.1) is 0 Å². The van der Waals surface area contributed by atoms with Crippen molar-refractivity contribution in [2.45, 2.75) is 37.8 Å². The van der Waals surface area contributed by atoms with Crippen LogP contribution in [0.4, 0.5) is 0 Å². The minimum atomic E-state index is 0.521. The third-order valence-corrected chi connectivity index (χ3v) is 3.54. The van der Waals surface area contributed by atoms with Crippen LogP contribution in [0, 0.1) is 0 Å². The summed E-state index contributed by atoms with van der Waals surface area (Å²) in [6.45, 7) is 4.10. The van der Waals surface area contributed by atoms with Crippen LogP contribution in [-0.2, 0) is 9.47 Å². The summed E-state index contributed by atoms with van der Waals surface area (Å²) in [5.41, 5.74) is 0. The topological polar surface area (TPSA) is 21.7 Å². The van der Waals surface area contributed by atoms with Gasteiger partial charge >= 0.3 is 0 Å². The van der Waals surface area contributed by atoms with Crippen molar-refractivity contribution in [1.29, 1.82) is 0 Å². The van der Waals surface area contributed by atoms with Gasteiger partial charge in [0, 0.05) is 26.2 Å². The molecule has 2 rings (SSSR count). The first-order chi connectivity index (χ1) is 6.90. The van der Waals surface area contributed by atoms with Crippen LogP contribution in [0.15, 0.2) is 0 Å². The average Bonchev–Trinajstić information content (AvgIpc) is 2.30. The average molecular weight is 199 g/mol. The van der Waals surface area contributed by atoms with Crippen molar-refractivity contribution in [2.75, 3.05) is 33.4 Å². The Kier molecular flexibility index (Phi) is 3.79. The number of nitrogens with zero attached hydrogens (tertiary/aromatic N) is 1. The predicted molar refractivity (Wildman–Crippen MR) is 55.4 cm³/mol. The molecule has 0 radical (unpaired) electrons. The second kappa shape index (κ2) is 5.10. The smallest absolute Gasteiger partial charge is 0.0594 e. The van der Waals surface area contributed by atoms with Crippen molar-refractivity contribution >= 4 is 0 Å². The highest BCUT2D eigenvalue weighted by molar-refractivity contribution is 4.80. The van der Waals surface area contributed by atoms with Gasteiger partial charge in [-0.2, -0.15) is 0 Å². The van der Waals surface area contributed by atoms with E-state index in [4.69, 9.17) is 9.47 Å². The Balaban J connectivity index is 1.76. The summed E-state index contributed by atoms with van der Waals surface area (Å²) in [5.74, 6) is 0. The SMILES string of the molecule is COC1CCC(N2CCOCC2)CC1. The van der Waals surface area contributed by atoms with Crippen molar-refractivity contribution in [3.63, 3.8) is 0 Å². The van der Waals surface area contributed by atoms with E-state index in [2.05, 4.69) is 4.90 Å². The lowest BCUT2D eigenvalue weighted by Crippen LogP contribution is -2.45. The summed E-state index contributed by atoms with van der Waals surface area (Å²) in [5, 5.41) is 0. The van der Waals surface area contributed by atoms with Crippen molar-refractivity contribution in [3.8, 4) is 0 Å². The molecule has 1 saturated heterocycles. The number of morpholine rings is 1. The van der Waals surface area contributed by atoms with Gasteiger partial charge in [0.25, 0.3) is 0 Å². The number of hydrogen-bond acceptors (Lipinski definition) is 3. The molecule has 0 aromatic carbocycles. The molecule has 0 N–H and O–H groups in total. The molecule has 1 saturated carbocycles. The van der Waals surface area contributed by atoms with E-state index in [1.54, 1.807) is 0 Å². The van der Waals surface area contributed by atoms with E-state index in [0.29, 0.717) is 6.10 Å². The van der Waals surface area contributed by atoms with Crippen LogP contribution in [0.1, 0.15) is 25.7 Å². The number of methoxy groups -OCH3 is 1. The Morgan fingerprint density at radius 2 is 1.71 bits per heavy atom. The van der Waals surface area contributed by atoms with E-state index in [-0.39, 0.29) is 0 Å². The highest BCUT2D eigenvalue weighted by Crippen LogP contribution is 2.25. The van der Waals surface area contributed by atoms with Crippen molar-refractivity contribution in [1.82, 2.24) is 4.90 Å². The van der Waals surface area contributed by atoms with E-state index in [1.165, 1.54) is 25.7 Å². The fourth-order valence-corrected chi connectivity index (χ4v) is 2.59. The monoisotopic (exact) mass is 199 g/mol. The number of ether oxygens (including phenoxy) is 2. The summed E-state index contributed by atoms with van der Waals surface area (Å²) in [7, 11) is 1.83. The van der Waals surface area contributed by atoms with Gasteiger partial charge in [-0.25, -0.2) is 0 Å². The molecule has 1 heterocycles. The molecule has 0 amide bonds. The van der Waals surface area contributed by atoms with Crippen LogP contribution in [0.3, 0.4) is 0 Å². The molecule has 3 nitrogen and oxygen atoms in total. The van der Waals surface area contributed by atoms with E-state index >= 15 is 0 Å². The van der Waals surface area contributed by atoms with E-state index in [0.717, 1.165) is 32.3 Å². The molecule has 0 aromatic rings. The van der Waals surface area contributed by atoms with Crippen molar-refractivity contribution < 1.29 is 9.47 Å². The van der Waals surface area contributed by atoms with Crippen LogP contribution >= 0.6 is 0 Å². The van der Waals surface area contributed by atoms with Gasteiger partial charge in [-0.3, -0.25) is 4.90 Å². The van der Waals surface area contributed by atoms with Gasteiger partial charge in [0.1, 0.15) is 0 Å². The molecule has 0 spiro atoms. The van der Waals surface area contributed by atoms with Crippen LogP contribution in [0.5, 0.6) is 0 Å². The van der Waals surface area contributed by atoms with Crippen molar-refractivity contribution in [2.24, 2.45) is 0 Å². The third kappa shape index (κ3) is 2.47. The zero-order chi connectivity index (χ0) is 9.80. The van der Waals surface area contributed by atoms with E-state index in [9.17, 15) is 0 Å². The van der Waals surface area contributed by atoms with Gasteiger partial charge < -0.3 is 9.47 Å². The highest BCUT2D eigenvalue weighted by atomic mass is 16.5. The quantitative estimate of drug-likeness (QED) is 0.668. The first-order valence-electron chi connectivity index (χ1n) is 5.74. The number of rotatable bonds is 2. The Labute approximate surface area is 86.4 Å². The zero-order valence-electron chi connectivity index (χ0n) is 9.08. The van der Waals surface area contributed by atoms with Gasteiger partial charge in [0.2, 0.25) is 0 Å². The van der Waals surface area contributed by atoms with E-state index in [1.807, 2.05) is 7.11 Å². The van der Waals surface area contributed by atoms with Crippen LogP contribution < -0.4 is 0 Å². The molecule has 2 fully saturated rings. The molecule has 0 aromatic heterocycles. The van der Waals surface area contributed by atoms with Gasteiger partial charge in [0.15, 0.2) is 0 Å². The summed E-state index contributed by atoms with van der Waals surface area (Å²) in [4.78, 5) is 2.59. The second-order valence-corrected chi connectivity index (χ2v) is 4.31. The fourth-order valence-electron chi connectivity index (χ4n) is 2.59. The Morgan fingerprint density at radius 3 is 2.29 bits per heavy atom. The molecule has 2 aliphatic rings. The van der Waals surface area contributed by atoms with Gasteiger partial charge in [0.05, 0.1) is 19.3 Å². The normalized spacial score (nSPS) is 35.8. The molecule has 3 heteroatoms. The summed E-state index contributed by atoms with van der Waals surface area (Å²) >= 11 is 0. The Bertz CT molecular complexity index is 161. The standard InChI is InChI=1S/C11H21NO2/c1-13-11-4-2-10(3-5-11)12-6-8-14-9-7-12/h10-11H,2-9H2,1H3. The molecule has 0 atom stereocenters. The third-order valence-electron chi connectivity index (χ3n) is 3.54. The van der Waals surface area contributed by atoms with Crippen LogP contribution in [-0.4, -0.2) is 50.5 Å². The lowest BCUT2D eigenvalue weighted by molar-refractivity contribution is -0.0110. The Morgan fingerprint density at radius 1 is 1.07 bits per heavy atom. The first-order valence-corrected chi connectivity index (χ1v) is 5.74. The Hall–Kier alpha value is -0.120.